The highest BCUT2D eigenvalue weighted by Crippen LogP contribution is 2.66. The normalized spacial score (nSPS) is 31.8. The molecule has 4 rings (SSSR count). The Labute approximate surface area is 108 Å². The molecule has 0 N–H and O–H groups in total. The van der Waals surface area contributed by atoms with Gasteiger partial charge in [-0.3, -0.25) is 0 Å². The van der Waals surface area contributed by atoms with Gasteiger partial charge in [0.2, 0.25) is 0 Å². The second-order valence-electron chi connectivity index (χ2n) is 5.83. The standard InChI is InChI=1S/C15H16SSi/c1-9-14-13-12(16-9)8-11(10-6-4-5-7-10)15(13)17(14,2)3/h4-6,8,13H,7H2,1-3H3. The van der Waals surface area contributed by atoms with Crippen LogP contribution in [0.1, 0.15) is 13.3 Å². The van der Waals surface area contributed by atoms with Crippen LogP contribution in [0.15, 0.2) is 55.7 Å². The molecule has 1 fully saturated rings. The lowest BCUT2D eigenvalue weighted by Crippen LogP contribution is -2.49. The van der Waals surface area contributed by atoms with Crippen LogP contribution in [-0.4, -0.2) is 8.07 Å². The van der Waals surface area contributed by atoms with Crippen LogP contribution in [0.4, 0.5) is 0 Å². The second kappa shape index (κ2) is 2.98. The monoisotopic (exact) mass is 256 g/mol. The quantitative estimate of drug-likeness (QED) is 0.622. The summed E-state index contributed by atoms with van der Waals surface area (Å²) < 4.78 is 0. The highest BCUT2D eigenvalue weighted by Gasteiger charge is 2.57. The molecule has 1 saturated heterocycles. The van der Waals surface area contributed by atoms with Crippen molar-refractivity contribution in [3.8, 4) is 0 Å². The second-order valence-corrected chi connectivity index (χ2v) is 11.4. The van der Waals surface area contributed by atoms with Crippen LogP contribution in [0.5, 0.6) is 0 Å². The molecule has 1 unspecified atom stereocenters. The zero-order valence-electron chi connectivity index (χ0n) is 10.5. The van der Waals surface area contributed by atoms with Gasteiger partial charge in [-0.05, 0) is 35.5 Å². The summed E-state index contributed by atoms with van der Waals surface area (Å²) in [5, 5.41) is 3.65. The third-order valence-corrected chi connectivity index (χ3v) is 9.76. The van der Waals surface area contributed by atoms with Crippen molar-refractivity contribution in [2.45, 2.75) is 26.4 Å². The van der Waals surface area contributed by atoms with Crippen LogP contribution in [0.3, 0.4) is 0 Å². The van der Waals surface area contributed by atoms with Gasteiger partial charge < -0.3 is 0 Å². The Morgan fingerprint density at radius 1 is 1.29 bits per heavy atom. The minimum atomic E-state index is -1.24. The number of allylic oxidation sites excluding steroid dienone is 10. The van der Waals surface area contributed by atoms with E-state index in [1.165, 1.54) is 0 Å². The highest BCUT2D eigenvalue weighted by molar-refractivity contribution is 8.07. The smallest absolute Gasteiger partial charge is 0.0987 e. The summed E-state index contributed by atoms with van der Waals surface area (Å²) in [6.45, 7) is 7.38. The van der Waals surface area contributed by atoms with Crippen molar-refractivity contribution in [2.75, 3.05) is 0 Å². The van der Waals surface area contributed by atoms with Gasteiger partial charge in [0.1, 0.15) is 8.07 Å². The summed E-state index contributed by atoms with van der Waals surface area (Å²) in [5.74, 6) is 0.734. The van der Waals surface area contributed by atoms with Gasteiger partial charge in [0.05, 0.1) is 0 Å². The van der Waals surface area contributed by atoms with Crippen LogP contribution >= 0.6 is 11.8 Å². The topological polar surface area (TPSA) is 0 Å². The molecular weight excluding hydrogens is 240 g/mol. The minimum absolute atomic E-state index is 0.734. The molecule has 2 aliphatic carbocycles. The van der Waals surface area contributed by atoms with Crippen molar-refractivity contribution < 1.29 is 0 Å². The zero-order valence-corrected chi connectivity index (χ0v) is 12.3. The van der Waals surface area contributed by atoms with Crippen molar-refractivity contribution in [1.82, 2.24) is 0 Å². The third-order valence-electron chi connectivity index (χ3n) is 4.55. The number of rotatable bonds is 1. The first-order chi connectivity index (χ1) is 8.10. The summed E-state index contributed by atoms with van der Waals surface area (Å²) in [4.78, 5) is 3.22. The molecule has 0 aromatic heterocycles. The van der Waals surface area contributed by atoms with Gasteiger partial charge in [0, 0.05) is 10.8 Å². The van der Waals surface area contributed by atoms with Gasteiger partial charge in [-0.25, -0.2) is 0 Å². The maximum Gasteiger partial charge on any atom is 0.107 e. The van der Waals surface area contributed by atoms with Gasteiger partial charge >= 0.3 is 0 Å². The number of thioether (sulfide) groups is 1. The van der Waals surface area contributed by atoms with E-state index in [2.05, 4.69) is 44.3 Å². The molecule has 86 valence electrons. The molecule has 0 aromatic carbocycles. The fourth-order valence-electron chi connectivity index (χ4n) is 3.89. The molecule has 2 heteroatoms. The van der Waals surface area contributed by atoms with E-state index in [1.807, 2.05) is 22.2 Å². The molecule has 0 saturated carbocycles. The summed E-state index contributed by atoms with van der Waals surface area (Å²) in [5.41, 5.74) is 3.16. The van der Waals surface area contributed by atoms with Crippen molar-refractivity contribution in [3.63, 3.8) is 0 Å². The molecule has 0 aromatic rings. The maximum absolute atomic E-state index is 2.53. The van der Waals surface area contributed by atoms with Gasteiger partial charge in [0.25, 0.3) is 0 Å². The largest absolute Gasteiger partial charge is 0.107 e. The molecule has 0 spiro atoms. The lowest BCUT2D eigenvalue weighted by Gasteiger charge is -2.45. The molecule has 17 heavy (non-hydrogen) atoms. The predicted octanol–water partition coefficient (Wildman–Crippen LogP) is 4.50. The Hall–Kier alpha value is -0.733. The highest BCUT2D eigenvalue weighted by atomic mass is 32.2. The molecular formula is C15H16SSi. The molecule has 0 nitrogen and oxygen atoms in total. The van der Waals surface area contributed by atoms with Crippen LogP contribution in [0, 0.1) is 5.92 Å². The lowest BCUT2D eigenvalue weighted by molar-refractivity contribution is 0.924. The Bertz CT molecular complexity index is 596. The average Bonchev–Trinajstić information content (AvgIpc) is 2.85. The molecule has 1 atom stereocenters. The van der Waals surface area contributed by atoms with E-state index < -0.39 is 8.07 Å². The van der Waals surface area contributed by atoms with Crippen LogP contribution in [0.25, 0.3) is 0 Å². The molecule has 4 aliphatic rings. The average molecular weight is 256 g/mol. The molecule has 0 amide bonds. The van der Waals surface area contributed by atoms with Gasteiger partial charge in [-0.1, -0.05) is 53.5 Å². The zero-order chi connectivity index (χ0) is 11.8. The van der Waals surface area contributed by atoms with E-state index >= 15 is 0 Å². The first-order valence-corrected chi connectivity index (χ1v) is 10.1. The van der Waals surface area contributed by atoms with Gasteiger partial charge in [-0.2, -0.15) is 0 Å². The van der Waals surface area contributed by atoms with E-state index in [9.17, 15) is 0 Å². The summed E-state index contributed by atoms with van der Waals surface area (Å²) >= 11 is 2.04. The SMILES string of the molecule is CC1=C2C3C(=CC(C4=CC=CC4)=C3[Si]2(C)C)S1. The number of hydrogen-bond acceptors (Lipinski definition) is 1. The molecule has 0 bridgehead atoms. The van der Waals surface area contributed by atoms with Crippen molar-refractivity contribution in [1.29, 1.82) is 0 Å². The van der Waals surface area contributed by atoms with E-state index in [1.54, 1.807) is 21.0 Å². The number of hydrogen-bond donors (Lipinski definition) is 0. The lowest BCUT2D eigenvalue weighted by atomic mass is 10.0. The van der Waals surface area contributed by atoms with E-state index in [0.717, 1.165) is 12.3 Å². The Morgan fingerprint density at radius 2 is 2.12 bits per heavy atom. The Morgan fingerprint density at radius 3 is 2.82 bits per heavy atom. The first kappa shape index (κ1) is 10.2. The minimum Gasteiger partial charge on any atom is -0.0987 e. The maximum atomic E-state index is 2.53. The van der Waals surface area contributed by atoms with Crippen LogP contribution in [-0.2, 0) is 0 Å². The third kappa shape index (κ3) is 1.06. The van der Waals surface area contributed by atoms with Gasteiger partial charge in [-0.15, -0.1) is 0 Å². The van der Waals surface area contributed by atoms with Crippen molar-refractivity contribution in [2.24, 2.45) is 5.92 Å². The summed E-state index contributed by atoms with van der Waals surface area (Å²) in [7, 11) is -1.24. The molecule has 2 heterocycles. The van der Waals surface area contributed by atoms with E-state index in [4.69, 9.17) is 0 Å². The van der Waals surface area contributed by atoms with Crippen molar-refractivity contribution in [3.05, 3.63) is 55.7 Å². The van der Waals surface area contributed by atoms with E-state index in [0.29, 0.717) is 0 Å². The van der Waals surface area contributed by atoms with Crippen LogP contribution < -0.4 is 0 Å². The predicted molar refractivity (Wildman–Crippen MR) is 78.2 cm³/mol. The fraction of sp³-hybridized carbons (Fsp3) is 0.333. The summed E-state index contributed by atoms with van der Waals surface area (Å²) in [6, 6.07) is 0. The summed E-state index contributed by atoms with van der Waals surface area (Å²) in [6.07, 6.45) is 10.4. The Balaban J connectivity index is 1.90. The first-order valence-electron chi connectivity index (χ1n) is 6.32. The van der Waals surface area contributed by atoms with Gasteiger partial charge in [0.15, 0.2) is 0 Å². The van der Waals surface area contributed by atoms with Crippen molar-refractivity contribution >= 4 is 19.8 Å². The Kier molecular flexibility index (Phi) is 1.79. The fourth-order valence-corrected chi connectivity index (χ4v) is 10.0. The van der Waals surface area contributed by atoms with E-state index in [-0.39, 0.29) is 0 Å². The molecule has 0 radical (unpaired) electrons. The van der Waals surface area contributed by atoms with Crippen LogP contribution in [0.2, 0.25) is 13.1 Å². The molecule has 2 aliphatic heterocycles.